The number of aryl methyl sites for hydroxylation is 1. The maximum absolute atomic E-state index is 12.2. The van der Waals surface area contributed by atoms with E-state index in [2.05, 4.69) is 15.6 Å². The second-order valence-electron chi connectivity index (χ2n) is 4.83. The van der Waals surface area contributed by atoms with E-state index in [1.807, 2.05) is 13.0 Å². The molecule has 22 heavy (non-hydrogen) atoms. The first-order valence-corrected chi connectivity index (χ1v) is 7.71. The van der Waals surface area contributed by atoms with Gasteiger partial charge in [-0.3, -0.25) is 9.59 Å². The Morgan fingerprint density at radius 1 is 1.32 bits per heavy atom. The van der Waals surface area contributed by atoms with Crippen LogP contribution in [-0.2, 0) is 11.2 Å². The van der Waals surface area contributed by atoms with Crippen molar-refractivity contribution in [2.75, 3.05) is 17.2 Å². The second kappa shape index (κ2) is 7.15. The van der Waals surface area contributed by atoms with Crippen LogP contribution < -0.4 is 16.4 Å². The summed E-state index contributed by atoms with van der Waals surface area (Å²) in [4.78, 5) is 27.6. The van der Waals surface area contributed by atoms with Crippen LogP contribution in [0, 0.1) is 6.92 Å². The van der Waals surface area contributed by atoms with Gasteiger partial charge in [-0.15, -0.1) is 11.3 Å². The highest BCUT2D eigenvalue weighted by Crippen LogP contribution is 2.21. The lowest BCUT2D eigenvalue weighted by Gasteiger charge is -2.09. The molecule has 0 fully saturated rings. The molecule has 2 aromatic rings. The van der Waals surface area contributed by atoms with E-state index in [1.165, 1.54) is 18.3 Å². The van der Waals surface area contributed by atoms with Gasteiger partial charge in [0, 0.05) is 30.1 Å². The summed E-state index contributed by atoms with van der Waals surface area (Å²) in [6.07, 6.45) is 0.662. The molecule has 7 heteroatoms. The molecule has 0 aliphatic heterocycles. The number of carbonyl (C=O) groups excluding carboxylic acids is 2. The molecule has 1 heterocycles. The summed E-state index contributed by atoms with van der Waals surface area (Å²) >= 11 is 1.42. The van der Waals surface area contributed by atoms with Gasteiger partial charge in [0.15, 0.2) is 0 Å². The minimum atomic E-state index is -0.280. The average molecular weight is 318 g/mol. The van der Waals surface area contributed by atoms with Crippen LogP contribution in [0.1, 0.15) is 28.0 Å². The van der Waals surface area contributed by atoms with E-state index in [1.54, 1.807) is 17.5 Å². The Kier molecular flexibility index (Phi) is 5.24. The average Bonchev–Trinajstić information content (AvgIpc) is 2.91. The van der Waals surface area contributed by atoms with Gasteiger partial charge in [-0.05, 0) is 31.2 Å². The first kappa shape index (κ1) is 16.1. The molecule has 0 unspecified atom stereocenters. The van der Waals surface area contributed by atoms with E-state index in [0.717, 1.165) is 10.6 Å². The number of nitrogens with zero attached hydrogens (tertiary/aromatic N) is 1. The van der Waals surface area contributed by atoms with E-state index in [0.29, 0.717) is 30.0 Å². The Labute approximate surface area is 132 Å². The normalized spacial score (nSPS) is 10.3. The Morgan fingerprint density at radius 3 is 2.77 bits per heavy atom. The molecule has 0 aliphatic rings. The molecule has 0 radical (unpaired) electrons. The van der Waals surface area contributed by atoms with Crippen molar-refractivity contribution >= 4 is 34.5 Å². The summed E-state index contributed by atoms with van der Waals surface area (Å²) < 4.78 is 0. The summed E-state index contributed by atoms with van der Waals surface area (Å²) in [6, 6.07) is 5.34. The van der Waals surface area contributed by atoms with Crippen molar-refractivity contribution in [2.45, 2.75) is 20.3 Å². The number of hydrogen-bond acceptors (Lipinski definition) is 5. The highest BCUT2D eigenvalue weighted by molar-refractivity contribution is 7.09. The molecule has 0 bridgehead atoms. The SMILES string of the molecule is CC(=O)Nc1cc(NC(=O)c2csc(CCN)n2)ccc1C. The predicted octanol–water partition coefficient (Wildman–Crippen LogP) is 2.16. The molecule has 0 saturated heterocycles. The van der Waals surface area contributed by atoms with Crippen molar-refractivity contribution in [1.29, 1.82) is 0 Å². The highest BCUT2D eigenvalue weighted by atomic mass is 32.1. The summed E-state index contributed by atoms with van der Waals surface area (Å²) in [5.41, 5.74) is 8.04. The topological polar surface area (TPSA) is 97.1 Å². The van der Waals surface area contributed by atoms with Crippen LogP contribution >= 0.6 is 11.3 Å². The Hall–Kier alpha value is -2.25. The van der Waals surface area contributed by atoms with Crippen LogP contribution in [0.15, 0.2) is 23.6 Å². The molecular weight excluding hydrogens is 300 g/mol. The van der Waals surface area contributed by atoms with Crippen molar-refractivity contribution in [1.82, 2.24) is 4.98 Å². The van der Waals surface area contributed by atoms with Crippen molar-refractivity contribution in [3.05, 3.63) is 39.8 Å². The zero-order valence-electron chi connectivity index (χ0n) is 12.5. The summed E-state index contributed by atoms with van der Waals surface area (Å²) in [7, 11) is 0. The number of aromatic nitrogens is 1. The predicted molar refractivity (Wildman–Crippen MR) is 88.3 cm³/mol. The monoisotopic (exact) mass is 318 g/mol. The van der Waals surface area contributed by atoms with Crippen LogP contribution in [0.2, 0.25) is 0 Å². The molecule has 0 spiro atoms. The second-order valence-corrected chi connectivity index (χ2v) is 5.77. The first-order chi connectivity index (χ1) is 10.5. The molecule has 1 aromatic carbocycles. The van der Waals surface area contributed by atoms with Crippen molar-refractivity contribution < 1.29 is 9.59 Å². The number of nitrogens with one attached hydrogen (secondary N) is 2. The highest BCUT2D eigenvalue weighted by Gasteiger charge is 2.11. The van der Waals surface area contributed by atoms with Crippen molar-refractivity contribution in [3.63, 3.8) is 0 Å². The van der Waals surface area contributed by atoms with Crippen molar-refractivity contribution in [2.24, 2.45) is 5.73 Å². The molecule has 0 atom stereocenters. The number of benzene rings is 1. The Morgan fingerprint density at radius 2 is 2.09 bits per heavy atom. The number of thiazole rings is 1. The number of hydrogen-bond donors (Lipinski definition) is 3. The fourth-order valence-corrected chi connectivity index (χ4v) is 2.67. The van der Waals surface area contributed by atoms with Gasteiger partial charge in [-0.2, -0.15) is 0 Å². The Balaban J connectivity index is 2.12. The molecule has 0 saturated carbocycles. The smallest absolute Gasteiger partial charge is 0.275 e. The standard InChI is InChI=1S/C15H18N4O2S/c1-9-3-4-11(7-12(9)17-10(2)20)18-15(21)13-8-22-14(19-13)5-6-16/h3-4,7-8H,5-6,16H2,1-2H3,(H,17,20)(H,18,21). The fourth-order valence-electron chi connectivity index (χ4n) is 1.87. The third-order valence-electron chi connectivity index (χ3n) is 2.95. The number of nitrogens with two attached hydrogens (primary N) is 1. The van der Waals surface area contributed by atoms with E-state index in [-0.39, 0.29) is 11.8 Å². The van der Waals surface area contributed by atoms with Crippen LogP contribution in [0.4, 0.5) is 11.4 Å². The van der Waals surface area contributed by atoms with Crippen LogP contribution in [0.25, 0.3) is 0 Å². The zero-order valence-corrected chi connectivity index (χ0v) is 13.3. The van der Waals surface area contributed by atoms with Gasteiger partial charge in [-0.25, -0.2) is 4.98 Å². The number of carbonyl (C=O) groups is 2. The number of rotatable bonds is 5. The maximum atomic E-state index is 12.2. The summed E-state index contributed by atoms with van der Waals surface area (Å²) in [6.45, 7) is 3.84. The summed E-state index contributed by atoms with van der Waals surface area (Å²) in [5.74, 6) is -0.436. The van der Waals surface area contributed by atoms with E-state index < -0.39 is 0 Å². The maximum Gasteiger partial charge on any atom is 0.275 e. The minimum Gasteiger partial charge on any atom is -0.330 e. The van der Waals surface area contributed by atoms with Crippen LogP contribution in [-0.4, -0.2) is 23.3 Å². The third kappa shape index (κ3) is 4.12. The van der Waals surface area contributed by atoms with Gasteiger partial charge in [0.25, 0.3) is 5.91 Å². The zero-order chi connectivity index (χ0) is 16.1. The third-order valence-corrected chi connectivity index (χ3v) is 3.86. The Bertz CT molecular complexity index is 697. The van der Waals surface area contributed by atoms with Gasteiger partial charge in [-0.1, -0.05) is 6.07 Å². The van der Waals surface area contributed by atoms with Gasteiger partial charge in [0.2, 0.25) is 5.91 Å². The molecular formula is C15H18N4O2S. The first-order valence-electron chi connectivity index (χ1n) is 6.83. The van der Waals surface area contributed by atoms with E-state index in [9.17, 15) is 9.59 Å². The molecule has 0 aliphatic carbocycles. The molecule has 6 nitrogen and oxygen atoms in total. The molecule has 4 N–H and O–H groups in total. The van der Waals surface area contributed by atoms with Gasteiger partial charge >= 0.3 is 0 Å². The van der Waals surface area contributed by atoms with Crippen LogP contribution in [0.3, 0.4) is 0 Å². The van der Waals surface area contributed by atoms with Gasteiger partial charge < -0.3 is 16.4 Å². The van der Waals surface area contributed by atoms with E-state index in [4.69, 9.17) is 5.73 Å². The molecule has 1 aromatic heterocycles. The van der Waals surface area contributed by atoms with Crippen molar-refractivity contribution in [3.8, 4) is 0 Å². The molecule has 116 valence electrons. The lowest BCUT2D eigenvalue weighted by atomic mass is 10.1. The van der Waals surface area contributed by atoms with Crippen LogP contribution in [0.5, 0.6) is 0 Å². The minimum absolute atomic E-state index is 0.155. The molecule has 2 rings (SSSR count). The van der Waals surface area contributed by atoms with Gasteiger partial charge in [0.05, 0.1) is 5.01 Å². The number of anilines is 2. The largest absolute Gasteiger partial charge is 0.330 e. The molecule has 2 amide bonds. The fraction of sp³-hybridized carbons (Fsp3) is 0.267. The van der Waals surface area contributed by atoms with E-state index >= 15 is 0 Å². The quantitative estimate of drug-likeness (QED) is 0.787. The number of amides is 2. The lowest BCUT2D eigenvalue weighted by Crippen LogP contribution is -2.14. The summed E-state index contributed by atoms with van der Waals surface area (Å²) in [5, 5.41) is 8.06. The lowest BCUT2D eigenvalue weighted by molar-refractivity contribution is -0.114. The van der Waals surface area contributed by atoms with Gasteiger partial charge in [0.1, 0.15) is 5.69 Å².